The maximum Gasteiger partial charge on any atom is 0.128 e. The first-order valence-corrected chi connectivity index (χ1v) is 7.31. The molecule has 2 rings (SSSR count). The predicted octanol–water partition coefficient (Wildman–Crippen LogP) is 3.70. The highest BCUT2D eigenvalue weighted by atomic mass is 127. The zero-order valence-electron chi connectivity index (χ0n) is 11.7. The normalized spacial score (nSPS) is 12.1. The average molecular weight is 384 g/mol. The van der Waals surface area contributed by atoms with Crippen LogP contribution >= 0.6 is 22.6 Å². The number of aryl methyl sites for hydroxylation is 1. The van der Waals surface area contributed by atoms with E-state index in [9.17, 15) is 5.11 Å². The number of ether oxygens (including phenoxy) is 2. The van der Waals surface area contributed by atoms with Gasteiger partial charge in [0.25, 0.3) is 0 Å². The number of methoxy groups -OCH3 is 2. The van der Waals surface area contributed by atoms with Crippen LogP contribution in [-0.2, 0) is 0 Å². The van der Waals surface area contributed by atoms with E-state index in [2.05, 4.69) is 22.6 Å². The minimum absolute atomic E-state index is 0.620. The summed E-state index contributed by atoms with van der Waals surface area (Å²) in [6.45, 7) is 2.03. The van der Waals surface area contributed by atoms with Crippen molar-refractivity contribution in [2.75, 3.05) is 14.2 Å². The lowest BCUT2D eigenvalue weighted by atomic mass is 9.99. The Bertz CT molecular complexity index is 611. The van der Waals surface area contributed by atoms with Gasteiger partial charge in [-0.2, -0.15) is 0 Å². The van der Waals surface area contributed by atoms with Crippen molar-refractivity contribution in [3.05, 3.63) is 56.7 Å². The van der Waals surface area contributed by atoms with Crippen LogP contribution in [-0.4, -0.2) is 19.3 Å². The van der Waals surface area contributed by atoms with Crippen LogP contribution in [0.15, 0.2) is 36.4 Å². The molecule has 3 nitrogen and oxygen atoms in total. The molecule has 4 heteroatoms. The first-order valence-electron chi connectivity index (χ1n) is 6.23. The van der Waals surface area contributed by atoms with Crippen LogP contribution < -0.4 is 9.47 Å². The summed E-state index contributed by atoms with van der Waals surface area (Å²) in [6.07, 6.45) is -0.720. The Morgan fingerprint density at radius 3 is 2.45 bits per heavy atom. The van der Waals surface area contributed by atoms with Gasteiger partial charge in [-0.25, -0.2) is 0 Å². The Morgan fingerprint density at radius 2 is 1.80 bits per heavy atom. The number of aliphatic hydroxyl groups excluding tert-OH is 1. The fourth-order valence-corrected chi connectivity index (χ4v) is 2.75. The van der Waals surface area contributed by atoms with E-state index >= 15 is 0 Å². The molecular weight excluding hydrogens is 367 g/mol. The zero-order valence-corrected chi connectivity index (χ0v) is 13.8. The quantitative estimate of drug-likeness (QED) is 0.818. The Hall–Kier alpha value is -1.27. The third-order valence-electron chi connectivity index (χ3n) is 3.25. The molecule has 0 fully saturated rings. The van der Waals surface area contributed by atoms with Crippen molar-refractivity contribution in [2.24, 2.45) is 0 Å². The molecule has 0 saturated carbocycles. The largest absolute Gasteiger partial charge is 0.497 e. The molecule has 1 atom stereocenters. The third kappa shape index (κ3) is 2.91. The Kier molecular flexibility index (Phi) is 4.88. The summed E-state index contributed by atoms with van der Waals surface area (Å²) < 4.78 is 11.6. The smallest absolute Gasteiger partial charge is 0.128 e. The average Bonchev–Trinajstić information content (AvgIpc) is 2.48. The number of benzene rings is 2. The van der Waals surface area contributed by atoms with Gasteiger partial charge in [0.2, 0.25) is 0 Å². The van der Waals surface area contributed by atoms with Crippen molar-refractivity contribution < 1.29 is 14.6 Å². The Morgan fingerprint density at radius 1 is 1.05 bits per heavy atom. The van der Waals surface area contributed by atoms with E-state index < -0.39 is 6.10 Å². The fourth-order valence-electron chi connectivity index (χ4n) is 2.09. The first kappa shape index (κ1) is 15.1. The summed E-state index contributed by atoms with van der Waals surface area (Å²) in [4.78, 5) is 0. The molecule has 0 radical (unpaired) electrons. The number of hydrogen-bond acceptors (Lipinski definition) is 3. The lowest BCUT2D eigenvalue weighted by Crippen LogP contribution is -2.05. The topological polar surface area (TPSA) is 38.7 Å². The van der Waals surface area contributed by atoms with E-state index in [1.54, 1.807) is 20.3 Å². The van der Waals surface area contributed by atoms with Crippen LogP contribution in [0.2, 0.25) is 0 Å². The number of halogens is 1. The van der Waals surface area contributed by atoms with Gasteiger partial charge in [-0.15, -0.1) is 0 Å². The number of aliphatic hydroxyl groups is 1. The summed E-state index contributed by atoms with van der Waals surface area (Å²) in [5.41, 5.74) is 2.76. The van der Waals surface area contributed by atoms with Gasteiger partial charge < -0.3 is 14.6 Å². The summed E-state index contributed by atoms with van der Waals surface area (Å²) in [7, 11) is 3.20. The molecule has 0 aliphatic carbocycles. The molecule has 0 aliphatic rings. The maximum absolute atomic E-state index is 10.6. The first-order chi connectivity index (χ1) is 9.58. The highest BCUT2D eigenvalue weighted by molar-refractivity contribution is 14.1. The van der Waals surface area contributed by atoms with Crippen molar-refractivity contribution in [2.45, 2.75) is 13.0 Å². The van der Waals surface area contributed by atoms with E-state index in [4.69, 9.17) is 9.47 Å². The van der Waals surface area contributed by atoms with Gasteiger partial charge in [0.1, 0.15) is 17.6 Å². The van der Waals surface area contributed by atoms with Crippen LogP contribution in [0.4, 0.5) is 0 Å². The summed E-state index contributed by atoms with van der Waals surface area (Å²) in [6, 6.07) is 11.4. The third-order valence-corrected chi connectivity index (χ3v) is 4.73. The van der Waals surface area contributed by atoms with E-state index in [1.807, 2.05) is 37.3 Å². The highest BCUT2D eigenvalue weighted by Gasteiger charge is 2.19. The molecule has 20 heavy (non-hydrogen) atoms. The summed E-state index contributed by atoms with van der Waals surface area (Å²) >= 11 is 2.26. The molecule has 0 aromatic heterocycles. The second-order valence-corrected chi connectivity index (χ2v) is 5.57. The van der Waals surface area contributed by atoms with E-state index in [0.29, 0.717) is 11.5 Å². The standard InChI is InChI=1S/C16H17IO3/c1-10-5-4-6-13(15(10)17)16(18)12-8-7-11(19-2)9-14(12)20-3/h4-9,16,18H,1-3H3. The predicted molar refractivity (Wildman–Crippen MR) is 87.5 cm³/mol. The molecule has 0 amide bonds. The molecular formula is C16H17IO3. The molecule has 2 aromatic rings. The Balaban J connectivity index is 2.47. The van der Waals surface area contributed by atoms with Crippen molar-refractivity contribution in [1.29, 1.82) is 0 Å². The summed E-state index contributed by atoms with van der Waals surface area (Å²) in [5.74, 6) is 1.32. The van der Waals surface area contributed by atoms with Gasteiger partial charge in [0.05, 0.1) is 14.2 Å². The molecule has 0 bridgehead atoms. The minimum atomic E-state index is -0.720. The van der Waals surface area contributed by atoms with Gasteiger partial charge in [-0.1, -0.05) is 18.2 Å². The lowest BCUT2D eigenvalue weighted by Gasteiger charge is -2.18. The molecule has 1 N–H and O–H groups in total. The van der Waals surface area contributed by atoms with Crippen LogP contribution in [0.5, 0.6) is 11.5 Å². The maximum atomic E-state index is 10.6. The van der Waals surface area contributed by atoms with Crippen molar-refractivity contribution in [1.82, 2.24) is 0 Å². The van der Waals surface area contributed by atoms with Crippen LogP contribution in [0.25, 0.3) is 0 Å². The van der Waals surface area contributed by atoms with Crippen LogP contribution in [0.3, 0.4) is 0 Å². The van der Waals surface area contributed by atoms with E-state index in [0.717, 1.165) is 20.3 Å². The molecule has 2 aromatic carbocycles. The number of hydrogen-bond donors (Lipinski definition) is 1. The van der Waals surface area contributed by atoms with Gasteiger partial charge >= 0.3 is 0 Å². The molecule has 1 unspecified atom stereocenters. The van der Waals surface area contributed by atoms with Crippen molar-refractivity contribution >= 4 is 22.6 Å². The molecule has 0 heterocycles. The Labute approximate surface area is 132 Å². The van der Waals surface area contributed by atoms with Gasteiger partial charge in [-0.3, -0.25) is 0 Å². The molecule has 0 saturated heterocycles. The second kappa shape index (κ2) is 6.45. The van der Waals surface area contributed by atoms with Gasteiger partial charge in [0, 0.05) is 15.2 Å². The minimum Gasteiger partial charge on any atom is -0.497 e. The van der Waals surface area contributed by atoms with Crippen LogP contribution in [0.1, 0.15) is 22.8 Å². The molecule has 106 valence electrons. The van der Waals surface area contributed by atoms with E-state index in [-0.39, 0.29) is 0 Å². The van der Waals surface area contributed by atoms with Gasteiger partial charge in [-0.05, 0) is 52.8 Å². The van der Waals surface area contributed by atoms with Crippen LogP contribution in [0, 0.1) is 10.5 Å². The second-order valence-electron chi connectivity index (χ2n) is 4.49. The number of rotatable bonds is 4. The zero-order chi connectivity index (χ0) is 14.7. The fraction of sp³-hybridized carbons (Fsp3) is 0.250. The lowest BCUT2D eigenvalue weighted by molar-refractivity contribution is 0.213. The van der Waals surface area contributed by atoms with Crippen molar-refractivity contribution in [3.63, 3.8) is 0 Å². The molecule has 0 spiro atoms. The van der Waals surface area contributed by atoms with Crippen molar-refractivity contribution in [3.8, 4) is 11.5 Å². The van der Waals surface area contributed by atoms with E-state index in [1.165, 1.54) is 0 Å². The highest BCUT2D eigenvalue weighted by Crippen LogP contribution is 2.35. The summed E-state index contributed by atoms with van der Waals surface area (Å²) in [5, 5.41) is 10.6. The van der Waals surface area contributed by atoms with Gasteiger partial charge in [0.15, 0.2) is 0 Å². The molecule has 0 aliphatic heterocycles. The monoisotopic (exact) mass is 384 g/mol. The SMILES string of the molecule is COc1ccc(C(O)c2cccc(C)c2I)c(OC)c1.